The molecule has 0 saturated heterocycles. The highest BCUT2D eigenvalue weighted by molar-refractivity contribution is 5.74. The molecule has 1 aromatic carbocycles. The zero-order chi connectivity index (χ0) is 16.2. The molecule has 0 radical (unpaired) electrons. The summed E-state index contributed by atoms with van der Waals surface area (Å²) in [7, 11) is 0. The minimum Gasteiger partial charge on any atom is -0.244 e. The maximum Gasteiger partial charge on any atom is 0.155 e. The van der Waals surface area contributed by atoms with Gasteiger partial charge in [0, 0.05) is 18.6 Å². The number of benzene rings is 1. The summed E-state index contributed by atoms with van der Waals surface area (Å²) in [6.07, 6.45) is 0.395. The van der Waals surface area contributed by atoms with Crippen molar-refractivity contribution in [3.8, 4) is 11.8 Å². The molecule has 3 rings (SSSR count). The van der Waals surface area contributed by atoms with Gasteiger partial charge in [0.1, 0.15) is 29.2 Å². The summed E-state index contributed by atoms with van der Waals surface area (Å²) in [5.41, 5.74) is 0.991. The lowest BCUT2D eigenvalue weighted by Crippen LogP contribution is -2.01. The largest absolute Gasteiger partial charge is 0.244 e. The molecule has 0 aliphatic heterocycles. The number of rotatable bonds is 3. The van der Waals surface area contributed by atoms with E-state index >= 15 is 0 Å². The number of alkyl halides is 1. The van der Waals surface area contributed by atoms with E-state index in [4.69, 9.17) is 0 Å². The lowest BCUT2D eigenvalue weighted by atomic mass is 10.3. The second-order valence-corrected chi connectivity index (χ2v) is 4.75. The van der Waals surface area contributed by atoms with Crippen LogP contribution in [0.4, 0.5) is 13.2 Å². The van der Waals surface area contributed by atoms with Crippen LogP contribution in [0.15, 0.2) is 30.3 Å². The summed E-state index contributed by atoms with van der Waals surface area (Å²) in [5, 5.41) is 7.96. The minimum atomic E-state index is -0.746. The van der Waals surface area contributed by atoms with Crippen molar-refractivity contribution in [2.75, 3.05) is 0 Å². The predicted octanol–water partition coefficient (Wildman–Crippen LogP) is 3.02. The van der Waals surface area contributed by atoms with Crippen LogP contribution in [0.3, 0.4) is 0 Å². The third kappa shape index (κ3) is 3.48. The number of nitrogens with zero attached hydrogens (tertiary/aromatic N) is 4. The summed E-state index contributed by atoms with van der Waals surface area (Å²) in [6, 6.07) is 6.85. The minimum absolute atomic E-state index is 0.0247. The predicted molar refractivity (Wildman–Crippen MR) is 78.0 cm³/mol. The van der Waals surface area contributed by atoms with Crippen molar-refractivity contribution in [3.05, 3.63) is 53.4 Å². The third-order valence-corrected chi connectivity index (χ3v) is 3.04. The molecule has 2 heterocycles. The van der Waals surface area contributed by atoms with Crippen LogP contribution < -0.4 is 0 Å². The standard InChI is InChI=1S/C16H11F3N4/c17-10-13-6-3-5-12(20-13)4-1-2-7-23-21-15-9-11(18)8-14(19)16(15)22-23/h3,5-6,8-9H,2,7,10H2. The van der Waals surface area contributed by atoms with E-state index in [-0.39, 0.29) is 11.0 Å². The highest BCUT2D eigenvalue weighted by Gasteiger charge is 2.09. The molecule has 0 aliphatic rings. The quantitative estimate of drug-likeness (QED) is 0.698. The topological polar surface area (TPSA) is 43.6 Å². The molecule has 0 N–H and O–H groups in total. The maximum absolute atomic E-state index is 13.5. The van der Waals surface area contributed by atoms with Gasteiger partial charge in [0.2, 0.25) is 0 Å². The van der Waals surface area contributed by atoms with Gasteiger partial charge in [0.15, 0.2) is 5.82 Å². The smallest absolute Gasteiger partial charge is 0.155 e. The lowest BCUT2D eigenvalue weighted by molar-refractivity contribution is 0.476. The number of aromatic nitrogens is 4. The van der Waals surface area contributed by atoms with Gasteiger partial charge in [0.25, 0.3) is 0 Å². The van der Waals surface area contributed by atoms with Crippen LogP contribution in [0, 0.1) is 23.5 Å². The van der Waals surface area contributed by atoms with Crippen LogP contribution in [-0.2, 0) is 13.2 Å². The van der Waals surface area contributed by atoms with Crippen LogP contribution >= 0.6 is 0 Å². The van der Waals surface area contributed by atoms with Gasteiger partial charge in [-0.3, -0.25) is 0 Å². The first-order valence-corrected chi connectivity index (χ1v) is 6.86. The SMILES string of the molecule is FCc1cccc(C#CCCn2nc3cc(F)cc(F)c3n2)n1. The Morgan fingerprint density at radius 2 is 2.00 bits per heavy atom. The molecule has 0 saturated carbocycles. The van der Waals surface area contributed by atoms with Crippen molar-refractivity contribution in [2.24, 2.45) is 0 Å². The normalized spacial score (nSPS) is 10.6. The first-order chi connectivity index (χ1) is 11.2. The molecule has 0 aliphatic carbocycles. The summed E-state index contributed by atoms with van der Waals surface area (Å²) < 4.78 is 39.1. The highest BCUT2D eigenvalue weighted by atomic mass is 19.1. The van der Waals surface area contributed by atoms with Crippen LogP contribution in [0.2, 0.25) is 0 Å². The van der Waals surface area contributed by atoms with Crippen molar-refractivity contribution in [1.29, 1.82) is 0 Å². The van der Waals surface area contributed by atoms with Crippen LogP contribution in [-0.4, -0.2) is 20.0 Å². The van der Waals surface area contributed by atoms with Gasteiger partial charge in [-0.1, -0.05) is 12.0 Å². The van der Waals surface area contributed by atoms with Gasteiger partial charge in [0.05, 0.1) is 12.2 Å². The van der Waals surface area contributed by atoms with Crippen molar-refractivity contribution < 1.29 is 13.2 Å². The Bertz CT molecular complexity index is 909. The Morgan fingerprint density at radius 3 is 2.83 bits per heavy atom. The maximum atomic E-state index is 13.5. The third-order valence-electron chi connectivity index (χ3n) is 3.04. The molecule has 2 aromatic heterocycles. The number of hydrogen-bond acceptors (Lipinski definition) is 3. The number of hydrogen-bond donors (Lipinski definition) is 0. The van der Waals surface area contributed by atoms with Crippen LogP contribution in [0.1, 0.15) is 17.8 Å². The van der Waals surface area contributed by atoms with Crippen molar-refractivity contribution >= 4 is 11.0 Å². The second-order valence-electron chi connectivity index (χ2n) is 4.75. The number of halogens is 3. The molecule has 4 nitrogen and oxygen atoms in total. The molecule has 0 fully saturated rings. The number of pyridine rings is 1. The molecule has 0 atom stereocenters. The lowest BCUT2D eigenvalue weighted by Gasteiger charge is -1.94. The van der Waals surface area contributed by atoms with Gasteiger partial charge < -0.3 is 0 Å². The zero-order valence-electron chi connectivity index (χ0n) is 11.9. The number of fused-ring (bicyclic) bond motifs is 1. The molecule has 23 heavy (non-hydrogen) atoms. The van der Waals surface area contributed by atoms with E-state index in [1.54, 1.807) is 18.2 Å². The molecule has 0 spiro atoms. The fraction of sp³-hybridized carbons (Fsp3) is 0.188. The fourth-order valence-electron chi connectivity index (χ4n) is 2.02. The van der Waals surface area contributed by atoms with E-state index in [9.17, 15) is 13.2 Å². The summed E-state index contributed by atoms with van der Waals surface area (Å²) >= 11 is 0. The van der Waals surface area contributed by atoms with Crippen molar-refractivity contribution in [2.45, 2.75) is 19.6 Å². The van der Waals surface area contributed by atoms with E-state index in [2.05, 4.69) is 27.0 Å². The van der Waals surface area contributed by atoms with E-state index in [0.717, 1.165) is 12.1 Å². The molecular formula is C16H11F3N4. The van der Waals surface area contributed by atoms with Crippen LogP contribution in [0.25, 0.3) is 11.0 Å². The molecule has 0 bridgehead atoms. The van der Waals surface area contributed by atoms with Gasteiger partial charge >= 0.3 is 0 Å². The van der Waals surface area contributed by atoms with E-state index in [1.165, 1.54) is 4.80 Å². The summed E-state index contributed by atoms with van der Waals surface area (Å²) in [6.45, 7) is -0.313. The Balaban J connectivity index is 1.69. The van der Waals surface area contributed by atoms with E-state index < -0.39 is 18.3 Å². The first-order valence-electron chi connectivity index (χ1n) is 6.86. The fourth-order valence-corrected chi connectivity index (χ4v) is 2.02. The average Bonchev–Trinajstić information content (AvgIpc) is 2.95. The monoisotopic (exact) mass is 316 g/mol. The molecule has 7 heteroatoms. The highest BCUT2D eigenvalue weighted by Crippen LogP contribution is 2.15. The van der Waals surface area contributed by atoms with Crippen LogP contribution in [0.5, 0.6) is 0 Å². The first kappa shape index (κ1) is 15.0. The number of aryl methyl sites for hydroxylation is 1. The van der Waals surface area contributed by atoms with Gasteiger partial charge in [-0.25, -0.2) is 18.2 Å². The van der Waals surface area contributed by atoms with E-state index in [0.29, 0.717) is 24.4 Å². The molecule has 0 amide bonds. The second kappa shape index (κ2) is 6.48. The van der Waals surface area contributed by atoms with Gasteiger partial charge in [-0.2, -0.15) is 15.0 Å². The van der Waals surface area contributed by atoms with Gasteiger partial charge in [-0.15, -0.1) is 0 Å². The van der Waals surface area contributed by atoms with Gasteiger partial charge in [-0.05, 0) is 18.1 Å². The van der Waals surface area contributed by atoms with E-state index in [1.807, 2.05) is 0 Å². The molecular weight excluding hydrogens is 305 g/mol. The molecule has 0 unspecified atom stereocenters. The molecule has 116 valence electrons. The summed E-state index contributed by atoms with van der Waals surface area (Å²) in [5.74, 6) is 4.24. The Hall–Kier alpha value is -2.88. The zero-order valence-corrected chi connectivity index (χ0v) is 11.9. The summed E-state index contributed by atoms with van der Waals surface area (Å²) in [4.78, 5) is 5.29. The Kier molecular flexibility index (Phi) is 4.24. The Morgan fingerprint density at radius 1 is 1.13 bits per heavy atom. The van der Waals surface area contributed by atoms with Crippen molar-refractivity contribution in [1.82, 2.24) is 20.0 Å². The molecule has 3 aromatic rings. The average molecular weight is 316 g/mol. The van der Waals surface area contributed by atoms with Crippen molar-refractivity contribution in [3.63, 3.8) is 0 Å². The Labute approximate surface area is 130 Å².